The molecule has 0 unspecified atom stereocenters. The molecule has 25 heavy (non-hydrogen) atoms. The molecule has 1 aromatic carbocycles. The molecule has 0 radical (unpaired) electrons. The van der Waals surface area contributed by atoms with E-state index in [2.05, 4.69) is 34.3 Å². The van der Waals surface area contributed by atoms with Crippen LogP contribution in [0.3, 0.4) is 0 Å². The Morgan fingerprint density at radius 1 is 1.08 bits per heavy atom. The number of pyridine rings is 1. The van der Waals surface area contributed by atoms with E-state index in [-0.39, 0.29) is 12.1 Å². The molecule has 2 amide bonds. The standard InChI is InChI=1S/C21H25N3O/c1-15(16-9-10-16)24(19-11-12-19)21(25)23-20(17-6-3-2-4-7-17)18-8-5-13-22-14-18/h2-8,13-16,19-20H,9-12H2,1H3,(H,23,25)/t15-,20+/m0/s1. The van der Waals surface area contributed by atoms with Gasteiger partial charge in [0.15, 0.2) is 0 Å². The van der Waals surface area contributed by atoms with Crippen molar-refractivity contribution >= 4 is 6.03 Å². The lowest BCUT2D eigenvalue weighted by Crippen LogP contribution is -2.48. The topological polar surface area (TPSA) is 45.2 Å². The van der Waals surface area contributed by atoms with Crippen LogP contribution in [0.5, 0.6) is 0 Å². The molecule has 1 heterocycles. The molecule has 4 rings (SSSR count). The molecule has 2 aromatic rings. The van der Waals surface area contributed by atoms with Crippen molar-refractivity contribution in [3.63, 3.8) is 0 Å². The number of rotatable bonds is 6. The van der Waals surface area contributed by atoms with Crippen molar-refractivity contribution < 1.29 is 4.79 Å². The summed E-state index contributed by atoms with van der Waals surface area (Å²) in [5, 5.41) is 3.28. The molecule has 2 atom stereocenters. The smallest absolute Gasteiger partial charge is 0.318 e. The normalized spacial score (nSPS) is 19.1. The Bertz CT molecular complexity index is 671. The molecule has 0 aliphatic heterocycles. The molecule has 2 aliphatic carbocycles. The fourth-order valence-electron chi connectivity index (χ4n) is 3.59. The number of aromatic nitrogens is 1. The van der Waals surface area contributed by atoms with E-state index in [1.165, 1.54) is 12.8 Å². The van der Waals surface area contributed by atoms with Crippen LogP contribution in [-0.2, 0) is 0 Å². The van der Waals surface area contributed by atoms with Crippen LogP contribution in [0.4, 0.5) is 4.79 Å². The number of hydrogen-bond donors (Lipinski definition) is 1. The van der Waals surface area contributed by atoms with E-state index in [0.717, 1.165) is 24.0 Å². The summed E-state index contributed by atoms with van der Waals surface area (Å²) >= 11 is 0. The van der Waals surface area contributed by atoms with Crippen molar-refractivity contribution in [2.45, 2.75) is 50.7 Å². The van der Waals surface area contributed by atoms with Gasteiger partial charge < -0.3 is 10.2 Å². The number of nitrogens with zero attached hydrogens (tertiary/aromatic N) is 2. The number of amides is 2. The Kier molecular flexibility index (Phi) is 4.43. The molecule has 2 fully saturated rings. The quantitative estimate of drug-likeness (QED) is 0.862. The van der Waals surface area contributed by atoms with Gasteiger partial charge in [0.25, 0.3) is 0 Å². The number of benzene rings is 1. The molecular formula is C21H25N3O. The van der Waals surface area contributed by atoms with Crippen LogP contribution in [0.1, 0.15) is 49.8 Å². The third kappa shape index (κ3) is 3.68. The van der Waals surface area contributed by atoms with Crippen LogP contribution in [0.2, 0.25) is 0 Å². The maximum atomic E-state index is 13.1. The van der Waals surface area contributed by atoms with Crippen LogP contribution in [0.15, 0.2) is 54.9 Å². The first-order valence-corrected chi connectivity index (χ1v) is 9.27. The minimum atomic E-state index is -0.171. The largest absolute Gasteiger partial charge is 0.327 e. The van der Waals surface area contributed by atoms with Gasteiger partial charge in [0.1, 0.15) is 0 Å². The lowest BCUT2D eigenvalue weighted by Gasteiger charge is -2.32. The Hall–Kier alpha value is -2.36. The second kappa shape index (κ2) is 6.87. The molecule has 0 bridgehead atoms. The number of urea groups is 1. The molecule has 2 aliphatic rings. The molecule has 1 aromatic heterocycles. The zero-order valence-electron chi connectivity index (χ0n) is 14.6. The van der Waals surface area contributed by atoms with Crippen LogP contribution in [0.25, 0.3) is 0 Å². The van der Waals surface area contributed by atoms with Crippen molar-refractivity contribution in [1.82, 2.24) is 15.2 Å². The van der Waals surface area contributed by atoms with Crippen molar-refractivity contribution in [2.24, 2.45) is 5.92 Å². The zero-order valence-corrected chi connectivity index (χ0v) is 14.6. The Morgan fingerprint density at radius 3 is 2.40 bits per heavy atom. The first-order valence-electron chi connectivity index (χ1n) is 9.27. The summed E-state index contributed by atoms with van der Waals surface area (Å²) < 4.78 is 0. The third-order valence-corrected chi connectivity index (χ3v) is 5.34. The summed E-state index contributed by atoms with van der Waals surface area (Å²) in [6.45, 7) is 2.21. The van der Waals surface area contributed by atoms with Gasteiger partial charge in [-0.05, 0) is 55.7 Å². The highest BCUT2D eigenvalue weighted by Gasteiger charge is 2.42. The second-order valence-corrected chi connectivity index (χ2v) is 7.30. The highest BCUT2D eigenvalue weighted by atomic mass is 16.2. The van der Waals surface area contributed by atoms with Crippen molar-refractivity contribution in [2.75, 3.05) is 0 Å². The van der Waals surface area contributed by atoms with E-state index in [9.17, 15) is 4.79 Å². The van der Waals surface area contributed by atoms with Gasteiger partial charge in [-0.25, -0.2) is 4.79 Å². The Morgan fingerprint density at radius 2 is 1.80 bits per heavy atom. The van der Waals surface area contributed by atoms with E-state index in [1.807, 2.05) is 36.5 Å². The molecule has 0 spiro atoms. The Balaban J connectivity index is 1.58. The van der Waals surface area contributed by atoms with E-state index in [1.54, 1.807) is 6.20 Å². The lowest BCUT2D eigenvalue weighted by atomic mass is 10.0. The SMILES string of the molecule is C[C@@H](C1CC1)N(C(=O)N[C@H](c1ccccc1)c1cccnc1)C1CC1. The first kappa shape index (κ1) is 16.1. The third-order valence-electron chi connectivity index (χ3n) is 5.34. The minimum absolute atomic E-state index is 0.0552. The van der Waals surface area contributed by atoms with Crippen LogP contribution in [0, 0.1) is 5.92 Å². The van der Waals surface area contributed by atoms with E-state index >= 15 is 0 Å². The van der Waals surface area contributed by atoms with Gasteiger partial charge in [-0.15, -0.1) is 0 Å². The molecular weight excluding hydrogens is 310 g/mol. The van der Waals surface area contributed by atoms with Crippen molar-refractivity contribution in [3.8, 4) is 0 Å². The molecule has 130 valence electrons. The molecule has 2 saturated carbocycles. The molecule has 1 N–H and O–H groups in total. The summed E-state index contributed by atoms with van der Waals surface area (Å²) in [6.07, 6.45) is 8.37. The van der Waals surface area contributed by atoms with Crippen LogP contribution < -0.4 is 5.32 Å². The number of nitrogens with one attached hydrogen (secondary N) is 1. The molecule has 4 nitrogen and oxygen atoms in total. The summed E-state index contributed by atoms with van der Waals surface area (Å²) in [4.78, 5) is 19.5. The van der Waals surface area contributed by atoms with E-state index in [0.29, 0.717) is 18.0 Å². The molecule has 0 saturated heterocycles. The van der Waals surface area contributed by atoms with Crippen molar-refractivity contribution in [1.29, 1.82) is 0 Å². The Labute approximate surface area is 149 Å². The van der Waals surface area contributed by atoms with Gasteiger partial charge in [-0.2, -0.15) is 0 Å². The van der Waals surface area contributed by atoms with Gasteiger partial charge in [-0.3, -0.25) is 4.98 Å². The maximum absolute atomic E-state index is 13.1. The summed E-state index contributed by atoms with van der Waals surface area (Å²) in [5.41, 5.74) is 2.09. The van der Waals surface area contributed by atoms with Gasteiger partial charge in [0, 0.05) is 24.5 Å². The number of hydrogen-bond acceptors (Lipinski definition) is 2. The van der Waals surface area contributed by atoms with E-state index in [4.69, 9.17) is 0 Å². The summed E-state index contributed by atoms with van der Waals surface area (Å²) in [7, 11) is 0. The predicted molar refractivity (Wildman–Crippen MR) is 98.1 cm³/mol. The summed E-state index contributed by atoms with van der Waals surface area (Å²) in [5.74, 6) is 0.680. The lowest BCUT2D eigenvalue weighted by molar-refractivity contribution is 0.165. The molecule has 4 heteroatoms. The number of carbonyl (C=O) groups excluding carboxylic acids is 1. The average Bonchev–Trinajstić information content (AvgIpc) is 3.54. The zero-order chi connectivity index (χ0) is 17.2. The van der Waals surface area contributed by atoms with Gasteiger partial charge in [0.05, 0.1) is 6.04 Å². The van der Waals surface area contributed by atoms with Crippen LogP contribution in [-0.4, -0.2) is 28.0 Å². The first-order chi connectivity index (χ1) is 12.2. The van der Waals surface area contributed by atoms with Crippen molar-refractivity contribution in [3.05, 3.63) is 66.0 Å². The highest BCUT2D eigenvalue weighted by molar-refractivity contribution is 5.76. The predicted octanol–water partition coefficient (Wildman–Crippen LogP) is 4.14. The van der Waals surface area contributed by atoms with Crippen LogP contribution >= 0.6 is 0 Å². The summed E-state index contributed by atoms with van der Waals surface area (Å²) in [6, 6.07) is 14.7. The second-order valence-electron chi connectivity index (χ2n) is 7.30. The fraction of sp³-hybridized carbons (Fsp3) is 0.429. The fourth-order valence-corrected chi connectivity index (χ4v) is 3.59. The highest BCUT2D eigenvalue weighted by Crippen LogP contribution is 2.40. The number of carbonyl (C=O) groups is 1. The van der Waals surface area contributed by atoms with Gasteiger partial charge in [-0.1, -0.05) is 36.4 Å². The van der Waals surface area contributed by atoms with Gasteiger partial charge >= 0.3 is 6.03 Å². The van der Waals surface area contributed by atoms with Gasteiger partial charge in [0.2, 0.25) is 0 Å². The monoisotopic (exact) mass is 335 g/mol. The maximum Gasteiger partial charge on any atom is 0.318 e. The minimum Gasteiger partial charge on any atom is -0.327 e. The van der Waals surface area contributed by atoms with E-state index < -0.39 is 0 Å². The average molecular weight is 335 g/mol.